The number of rotatable bonds is 4. The maximum absolute atomic E-state index is 12.2. The fraction of sp³-hybridized carbons (Fsp3) is 0.545. The van der Waals surface area contributed by atoms with Gasteiger partial charge < -0.3 is 24.0 Å². The fourth-order valence-corrected chi connectivity index (χ4v) is 2.02. The Bertz CT molecular complexity index is 485. The largest absolute Gasteiger partial charge is 0.480 e. The first kappa shape index (κ1) is 13.3. The number of ether oxygens (including phenoxy) is 2. The van der Waals surface area contributed by atoms with E-state index in [1.54, 1.807) is 0 Å². The van der Waals surface area contributed by atoms with Crippen LogP contribution in [-0.4, -0.2) is 59.9 Å². The van der Waals surface area contributed by atoms with E-state index in [4.69, 9.17) is 19.1 Å². The summed E-state index contributed by atoms with van der Waals surface area (Å²) in [6.45, 7) is 0.204. The molecular weight excluding hydrogens is 256 g/mol. The Kier molecular flexibility index (Phi) is 3.70. The second-order valence-electron chi connectivity index (χ2n) is 4.14. The van der Waals surface area contributed by atoms with Gasteiger partial charge in [0.1, 0.15) is 6.04 Å². The smallest absolute Gasteiger partial charge is 0.326 e. The van der Waals surface area contributed by atoms with E-state index in [1.165, 1.54) is 25.2 Å². The Morgan fingerprint density at radius 2 is 2.26 bits per heavy atom. The van der Waals surface area contributed by atoms with Gasteiger partial charge in [-0.25, -0.2) is 4.79 Å². The highest BCUT2D eigenvalue weighted by atomic mass is 16.5. The van der Waals surface area contributed by atoms with Crippen molar-refractivity contribution in [1.82, 2.24) is 10.1 Å². The van der Waals surface area contributed by atoms with Crippen molar-refractivity contribution in [2.75, 3.05) is 20.8 Å². The Morgan fingerprint density at radius 1 is 1.53 bits per heavy atom. The predicted molar refractivity (Wildman–Crippen MR) is 60.9 cm³/mol. The second-order valence-corrected chi connectivity index (χ2v) is 4.14. The van der Waals surface area contributed by atoms with E-state index in [-0.39, 0.29) is 30.7 Å². The molecular formula is C11H14N2O6. The molecule has 2 rings (SSSR count). The maximum atomic E-state index is 12.2. The number of methoxy groups -OCH3 is 2. The number of carboxylic acids is 1. The summed E-state index contributed by atoms with van der Waals surface area (Å²) in [6.07, 6.45) is -0.0436. The Hall–Kier alpha value is -2.09. The quantitative estimate of drug-likeness (QED) is 0.821. The van der Waals surface area contributed by atoms with Gasteiger partial charge in [0.05, 0.1) is 19.3 Å². The summed E-state index contributed by atoms with van der Waals surface area (Å²) in [6, 6.07) is 0.398. The van der Waals surface area contributed by atoms with Crippen LogP contribution in [0.1, 0.15) is 17.0 Å². The minimum Gasteiger partial charge on any atom is -0.480 e. The van der Waals surface area contributed by atoms with Crippen molar-refractivity contribution >= 4 is 11.9 Å². The highest BCUT2D eigenvalue weighted by Crippen LogP contribution is 2.23. The molecule has 1 aromatic rings. The van der Waals surface area contributed by atoms with Crippen molar-refractivity contribution in [2.45, 2.75) is 18.6 Å². The topological polar surface area (TPSA) is 102 Å². The Labute approximate surface area is 108 Å². The van der Waals surface area contributed by atoms with E-state index in [2.05, 4.69) is 5.16 Å². The van der Waals surface area contributed by atoms with Crippen molar-refractivity contribution in [3.63, 3.8) is 0 Å². The molecule has 1 saturated heterocycles. The molecule has 1 aliphatic heterocycles. The van der Waals surface area contributed by atoms with Crippen LogP contribution in [0.15, 0.2) is 10.6 Å². The zero-order valence-corrected chi connectivity index (χ0v) is 10.5. The van der Waals surface area contributed by atoms with E-state index in [0.29, 0.717) is 0 Å². The molecule has 2 unspecified atom stereocenters. The van der Waals surface area contributed by atoms with Gasteiger partial charge in [-0.15, -0.1) is 0 Å². The average molecular weight is 270 g/mol. The van der Waals surface area contributed by atoms with Crippen molar-refractivity contribution in [2.24, 2.45) is 0 Å². The first-order valence-corrected chi connectivity index (χ1v) is 5.64. The lowest BCUT2D eigenvalue weighted by Gasteiger charge is -2.19. The van der Waals surface area contributed by atoms with Crippen molar-refractivity contribution in [1.29, 1.82) is 0 Å². The number of amides is 1. The lowest BCUT2D eigenvalue weighted by molar-refractivity contribution is -0.141. The van der Waals surface area contributed by atoms with E-state index in [0.717, 1.165) is 0 Å². The van der Waals surface area contributed by atoms with Crippen LogP contribution in [-0.2, 0) is 9.53 Å². The molecule has 2 heterocycles. The zero-order valence-electron chi connectivity index (χ0n) is 10.5. The van der Waals surface area contributed by atoms with Gasteiger partial charge in [-0.1, -0.05) is 0 Å². The molecule has 2 atom stereocenters. The monoisotopic (exact) mass is 270 g/mol. The SMILES string of the molecule is COc1cc(C(=O)N2CC(OC)CC2C(=O)O)on1. The van der Waals surface area contributed by atoms with Crippen LogP contribution in [0.4, 0.5) is 0 Å². The third-order valence-corrected chi connectivity index (χ3v) is 3.05. The van der Waals surface area contributed by atoms with E-state index < -0.39 is 17.9 Å². The molecule has 19 heavy (non-hydrogen) atoms. The number of aliphatic carboxylic acids is 1. The van der Waals surface area contributed by atoms with Gasteiger partial charge in [-0.2, -0.15) is 0 Å². The van der Waals surface area contributed by atoms with Crippen LogP contribution in [0.5, 0.6) is 5.88 Å². The molecule has 8 heteroatoms. The number of carbonyl (C=O) groups is 2. The van der Waals surface area contributed by atoms with Crippen LogP contribution < -0.4 is 4.74 Å². The van der Waals surface area contributed by atoms with Gasteiger partial charge in [0.2, 0.25) is 5.76 Å². The summed E-state index contributed by atoms with van der Waals surface area (Å²) in [5.74, 6) is -1.50. The molecule has 0 aromatic carbocycles. The number of aromatic nitrogens is 1. The van der Waals surface area contributed by atoms with Gasteiger partial charge >= 0.3 is 5.97 Å². The minimum absolute atomic E-state index is 0.0557. The van der Waals surface area contributed by atoms with Gasteiger partial charge in [-0.05, 0) is 5.16 Å². The van der Waals surface area contributed by atoms with Gasteiger partial charge in [-0.3, -0.25) is 4.79 Å². The molecule has 0 spiro atoms. The fourth-order valence-electron chi connectivity index (χ4n) is 2.02. The summed E-state index contributed by atoms with van der Waals surface area (Å²) in [7, 11) is 2.87. The second kappa shape index (κ2) is 5.27. The van der Waals surface area contributed by atoms with Gasteiger partial charge in [0, 0.05) is 20.1 Å². The number of hydrogen-bond acceptors (Lipinski definition) is 6. The molecule has 1 aliphatic rings. The average Bonchev–Trinajstić information content (AvgIpc) is 3.04. The van der Waals surface area contributed by atoms with Crippen molar-refractivity contribution < 1.29 is 28.7 Å². The van der Waals surface area contributed by atoms with Crippen LogP contribution in [0.2, 0.25) is 0 Å². The van der Waals surface area contributed by atoms with Crippen LogP contribution in [0.25, 0.3) is 0 Å². The molecule has 1 aromatic heterocycles. The van der Waals surface area contributed by atoms with Gasteiger partial charge in [0.15, 0.2) is 0 Å². The third-order valence-electron chi connectivity index (χ3n) is 3.05. The molecule has 1 N–H and O–H groups in total. The molecule has 8 nitrogen and oxygen atoms in total. The first-order chi connectivity index (χ1) is 9.06. The van der Waals surface area contributed by atoms with Crippen molar-refractivity contribution in [3.8, 4) is 5.88 Å². The lowest BCUT2D eigenvalue weighted by Crippen LogP contribution is -2.40. The molecule has 0 radical (unpaired) electrons. The van der Waals surface area contributed by atoms with E-state index in [1.807, 2.05) is 0 Å². The molecule has 0 saturated carbocycles. The van der Waals surface area contributed by atoms with Crippen LogP contribution in [0, 0.1) is 0 Å². The summed E-state index contributed by atoms with van der Waals surface area (Å²) in [5, 5.41) is 12.6. The van der Waals surface area contributed by atoms with Crippen LogP contribution >= 0.6 is 0 Å². The summed E-state index contributed by atoms with van der Waals surface area (Å²) >= 11 is 0. The maximum Gasteiger partial charge on any atom is 0.326 e. The van der Waals surface area contributed by atoms with E-state index >= 15 is 0 Å². The van der Waals surface area contributed by atoms with E-state index in [9.17, 15) is 9.59 Å². The van der Waals surface area contributed by atoms with Gasteiger partial charge in [0.25, 0.3) is 11.8 Å². The Morgan fingerprint density at radius 3 is 2.79 bits per heavy atom. The van der Waals surface area contributed by atoms with Crippen molar-refractivity contribution in [3.05, 3.63) is 11.8 Å². The molecule has 0 aliphatic carbocycles. The molecule has 1 amide bonds. The first-order valence-electron chi connectivity index (χ1n) is 5.64. The lowest BCUT2D eigenvalue weighted by atomic mass is 10.2. The number of likely N-dealkylation sites (tertiary alicyclic amines) is 1. The Balaban J connectivity index is 2.18. The predicted octanol–water partition coefficient (Wildman–Crippen LogP) is -0.00270. The zero-order chi connectivity index (χ0) is 14.0. The number of nitrogens with zero attached hydrogens (tertiary/aromatic N) is 2. The standard InChI is InChI=1S/C11H14N2O6/c1-17-6-3-7(11(15)16)13(5-6)10(14)8-4-9(18-2)12-19-8/h4,6-7H,3,5H2,1-2H3,(H,15,16). The molecule has 0 bridgehead atoms. The summed E-state index contributed by atoms with van der Waals surface area (Å²) in [5.41, 5.74) is 0. The number of hydrogen-bond donors (Lipinski definition) is 1. The normalized spacial score (nSPS) is 22.5. The minimum atomic E-state index is -1.07. The highest BCUT2D eigenvalue weighted by Gasteiger charge is 2.41. The molecule has 104 valence electrons. The molecule has 1 fully saturated rings. The highest BCUT2D eigenvalue weighted by molar-refractivity contribution is 5.94. The summed E-state index contributed by atoms with van der Waals surface area (Å²) < 4.78 is 14.7. The number of carbonyl (C=O) groups excluding carboxylic acids is 1. The third kappa shape index (κ3) is 2.53. The van der Waals surface area contributed by atoms with Crippen LogP contribution in [0.3, 0.4) is 0 Å². The summed E-state index contributed by atoms with van der Waals surface area (Å²) in [4.78, 5) is 24.5. The number of carboxylic acid groups (broad SMARTS) is 1.